The molecule has 1 saturated heterocycles. The molecule has 182 valence electrons. The number of benzene rings is 1. The molecule has 1 aliphatic heterocycles. The molecule has 3 aromatic heterocycles. The fraction of sp³-hybridized carbons (Fsp3) is 0.357. The lowest BCUT2D eigenvalue weighted by Gasteiger charge is -2.33. The van der Waals surface area contributed by atoms with Crippen molar-refractivity contribution in [2.45, 2.75) is 38.7 Å². The third kappa shape index (κ3) is 3.94. The summed E-state index contributed by atoms with van der Waals surface area (Å²) in [7, 11) is 2.08. The molecule has 1 unspecified atom stereocenters. The van der Waals surface area contributed by atoms with Crippen LogP contribution in [0.15, 0.2) is 42.5 Å². The number of aldehydes is 1. The molecule has 2 fully saturated rings. The number of rotatable bonds is 6. The van der Waals surface area contributed by atoms with Crippen molar-refractivity contribution in [1.82, 2.24) is 14.5 Å². The Kier molecular flexibility index (Phi) is 5.53. The van der Waals surface area contributed by atoms with Crippen molar-refractivity contribution >= 4 is 33.8 Å². The average Bonchev–Trinajstić information content (AvgIpc) is 3.27. The summed E-state index contributed by atoms with van der Waals surface area (Å²) in [4.78, 5) is 25.0. The van der Waals surface area contributed by atoms with Gasteiger partial charge in [-0.15, -0.1) is 11.3 Å². The molecule has 1 atom stereocenters. The van der Waals surface area contributed by atoms with Gasteiger partial charge in [0.25, 0.3) is 0 Å². The predicted molar refractivity (Wildman–Crippen MR) is 140 cm³/mol. The first-order valence-electron chi connectivity index (χ1n) is 12.3. The first-order chi connectivity index (χ1) is 17.5. The second kappa shape index (κ2) is 8.75. The maximum Gasteiger partial charge on any atom is 0.215 e. The fourth-order valence-electron chi connectivity index (χ4n) is 5.57. The quantitative estimate of drug-likeness (QED) is 0.333. The van der Waals surface area contributed by atoms with Crippen LogP contribution < -0.4 is 9.64 Å². The van der Waals surface area contributed by atoms with Crippen LogP contribution in [0.25, 0.3) is 10.3 Å². The number of piperidine rings is 1. The summed E-state index contributed by atoms with van der Waals surface area (Å²) < 4.78 is 8.20. The Morgan fingerprint density at radius 2 is 2.06 bits per heavy atom. The van der Waals surface area contributed by atoms with Crippen LogP contribution in [0, 0.1) is 23.7 Å². The molecule has 4 aromatic rings. The lowest BCUT2D eigenvalue weighted by molar-refractivity contribution is 0.112. The number of aryl methyl sites for hydroxylation is 2. The number of fused-ring (bicyclic) bond motifs is 1. The lowest BCUT2D eigenvalue weighted by atomic mass is 9.90. The second-order valence-electron chi connectivity index (χ2n) is 9.97. The molecule has 0 bridgehead atoms. The molecule has 0 radical (unpaired) electrons. The number of carbonyl (C=O) groups is 1. The van der Waals surface area contributed by atoms with E-state index in [1.54, 1.807) is 0 Å². The van der Waals surface area contributed by atoms with Gasteiger partial charge in [0.1, 0.15) is 28.6 Å². The van der Waals surface area contributed by atoms with Crippen LogP contribution in [0.2, 0.25) is 0 Å². The van der Waals surface area contributed by atoms with E-state index in [1.807, 2.05) is 43.3 Å². The van der Waals surface area contributed by atoms with Gasteiger partial charge >= 0.3 is 0 Å². The van der Waals surface area contributed by atoms with E-state index >= 15 is 0 Å². The zero-order valence-corrected chi connectivity index (χ0v) is 21.2. The molecule has 0 amide bonds. The molecule has 1 spiro atoms. The third-order valence-corrected chi connectivity index (χ3v) is 8.98. The molecule has 7 nitrogen and oxygen atoms in total. The number of nitriles is 1. The van der Waals surface area contributed by atoms with Crippen molar-refractivity contribution in [1.29, 1.82) is 5.26 Å². The Morgan fingerprint density at radius 3 is 2.78 bits per heavy atom. The van der Waals surface area contributed by atoms with E-state index in [0.717, 1.165) is 70.2 Å². The number of pyridine rings is 1. The number of aromatic nitrogens is 3. The van der Waals surface area contributed by atoms with E-state index in [1.165, 1.54) is 17.8 Å². The number of ether oxygens (including phenoxy) is 1. The predicted octanol–water partition coefficient (Wildman–Crippen LogP) is 5.38. The number of hydrogen-bond donors (Lipinski definition) is 0. The fourth-order valence-corrected chi connectivity index (χ4v) is 6.45. The van der Waals surface area contributed by atoms with Crippen molar-refractivity contribution in [3.05, 3.63) is 69.9 Å². The van der Waals surface area contributed by atoms with Gasteiger partial charge in [0.05, 0.1) is 16.5 Å². The van der Waals surface area contributed by atoms with Crippen LogP contribution in [0.3, 0.4) is 0 Å². The van der Waals surface area contributed by atoms with Crippen molar-refractivity contribution < 1.29 is 9.53 Å². The number of imidazole rings is 1. The average molecular weight is 498 g/mol. The smallest absolute Gasteiger partial charge is 0.215 e. The standard InChI is InChI=1S/C28H27N5O2S/c1-18-12-19(15-29)6-7-20(18)17-35-25-5-3-4-24(31-25)33-10-8-28(9-11-33)14-22(28)26-30-23-13-21(16-34)36-27(23)32(26)2/h3-7,12-13,16,22H,8-11,14,17H2,1-2H3. The van der Waals surface area contributed by atoms with Gasteiger partial charge in [0.15, 0.2) is 6.29 Å². The van der Waals surface area contributed by atoms with Crippen molar-refractivity contribution in [2.24, 2.45) is 12.5 Å². The summed E-state index contributed by atoms with van der Waals surface area (Å²) >= 11 is 1.52. The van der Waals surface area contributed by atoms with E-state index in [9.17, 15) is 4.79 Å². The van der Waals surface area contributed by atoms with E-state index in [-0.39, 0.29) is 0 Å². The minimum Gasteiger partial charge on any atom is -0.473 e. The Hall–Kier alpha value is -3.70. The molecule has 36 heavy (non-hydrogen) atoms. The van der Waals surface area contributed by atoms with E-state index < -0.39 is 0 Å². The number of thiophene rings is 1. The van der Waals surface area contributed by atoms with E-state index in [2.05, 4.69) is 28.7 Å². The Bertz CT molecular complexity index is 1510. The van der Waals surface area contributed by atoms with Gasteiger partial charge < -0.3 is 14.2 Å². The maximum absolute atomic E-state index is 11.1. The van der Waals surface area contributed by atoms with Crippen molar-refractivity contribution in [3.8, 4) is 11.9 Å². The Balaban J connectivity index is 1.09. The van der Waals surface area contributed by atoms with Gasteiger partial charge in [0.2, 0.25) is 5.88 Å². The van der Waals surface area contributed by atoms with Crippen LogP contribution in [-0.4, -0.2) is 33.9 Å². The zero-order valence-electron chi connectivity index (χ0n) is 20.4. The summed E-state index contributed by atoms with van der Waals surface area (Å²) in [6.45, 7) is 4.36. The van der Waals surface area contributed by atoms with Gasteiger partial charge in [-0.3, -0.25) is 4.79 Å². The largest absolute Gasteiger partial charge is 0.473 e. The SMILES string of the molecule is Cc1cc(C#N)ccc1COc1cccc(N2CCC3(CC2)CC3c2nc3cc(C=O)sc3n2C)n1. The number of hydrogen-bond acceptors (Lipinski definition) is 7. The minimum atomic E-state index is 0.326. The van der Waals surface area contributed by atoms with E-state index in [0.29, 0.717) is 29.4 Å². The van der Waals surface area contributed by atoms with Crippen LogP contribution in [0.1, 0.15) is 57.4 Å². The highest BCUT2D eigenvalue weighted by atomic mass is 32.1. The van der Waals surface area contributed by atoms with Gasteiger partial charge in [-0.05, 0) is 67.0 Å². The molecule has 8 heteroatoms. The number of carbonyl (C=O) groups excluding carboxylic acids is 1. The van der Waals surface area contributed by atoms with Gasteiger partial charge in [0, 0.05) is 32.1 Å². The monoisotopic (exact) mass is 497 g/mol. The van der Waals surface area contributed by atoms with Crippen molar-refractivity contribution in [3.63, 3.8) is 0 Å². The Morgan fingerprint density at radius 1 is 1.22 bits per heavy atom. The molecule has 1 aliphatic carbocycles. The first-order valence-corrected chi connectivity index (χ1v) is 13.1. The van der Waals surface area contributed by atoms with E-state index in [4.69, 9.17) is 20.0 Å². The highest BCUT2D eigenvalue weighted by Crippen LogP contribution is 2.65. The summed E-state index contributed by atoms with van der Waals surface area (Å²) in [6.07, 6.45) is 4.33. The number of anilines is 1. The summed E-state index contributed by atoms with van der Waals surface area (Å²) in [6, 6.07) is 15.7. The first kappa shape index (κ1) is 22.7. The van der Waals surface area contributed by atoms with Crippen LogP contribution in [0.5, 0.6) is 5.88 Å². The summed E-state index contributed by atoms with van der Waals surface area (Å²) in [5.74, 6) is 3.22. The molecular formula is C28H27N5O2S. The molecule has 2 aliphatic rings. The Labute approximate surface area is 214 Å². The van der Waals surface area contributed by atoms with Gasteiger partial charge in [-0.1, -0.05) is 12.1 Å². The lowest BCUT2D eigenvalue weighted by Crippen LogP contribution is -2.35. The maximum atomic E-state index is 11.1. The molecule has 0 N–H and O–H groups in total. The summed E-state index contributed by atoms with van der Waals surface area (Å²) in [5, 5.41) is 9.06. The molecule has 1 saturated carbocycles. The highest BCUT2D eigenvalue weighted by molar-refractivity contribution is 7.20. The topological polar surface area (TPSA) is 84.0 Å². The van der Waals surface area contributed by atoms with Crippen LogP contribution in [-0.2, 0) is 13.7 Å². The molecule has 4 heterocycles. The minimum absolute atomic E-state index is 0.326. The van der Waals surface area contributed by atoms with Crippen LogP contribution in [0.4, 0.5) is 5.82 Å². The zero-order chi connectivity index (χ0) is 24.9. The molecule has 6 rings (SSSR count). The van der Waals surface area contributed by atoms with Crippen molar-refractivity contribution in [2.75, 3.05) is 18.0 Å². The third-order valence-electron chi connectivity index (χ3n) is 7.85. The van der Waals surface area contributed by atoms with Crippen LogP contribution >= 0.6 is 11.3 Å². The molecular weight excluding hydrogens is 470 g/mol. The second-order valence-corrected chi connectivity index (χ2v) is 11.0. The normalized spacial score (nSPS) is 18.4. The summed E-state index contributed by atoms with van der Waals surface area (Å²) in [5.41, 5.74) is 4.02. The van der Waals surface area contributed by atoms with Gasteiger partial charge in [-0.25, -0.2) is 4.98 Å². The number of nitrogens with zero attached hydrogens (tertiary/aromatic N) is 5. The highest BCUT2D eigenvalue weighted by Gasteiger charge is 2.57. The van der Waals surface area contributed by atoms with Gasteiger partial charge in [-0.2, -0.15) is 10.2 Å². The molecule has 1 aromatic carbocycles.